The number of nitrogens with one attached hydrogen (secondary N) is 2. The lowest BCUT2D eigenvalue weighted by Crippen LogP contribution is -2.14. The molecule has 132 valence electrons. The van der Waals surface area contributed by atoms with Crippen molar-refractivity contribution in [1.29, 1.82) is 0 Å². The molecule has 0 aliphatic carbocycles. The fourth-order valence-corrected chi connectivity index (χ4v) is 2.77. The summed E-state index contributed by atoms with van der Waals surface area (Å²) in [6.45, 7) is 3.98. The molecule has 0 aliphatic heterocycles. The number of hydrogen-bond acceptors (Lipinski definition) is 4. The Morgan fingerprint density at radius 2 is 1.81 bits per heavy atom. The number of hydrogen-bond donors (Lipinski definition) is 2. The average Bonchev–Trinajstić information content (AvgIpc) is 2.65. The van der Waals surface area contributed by atoms with Crippen LogP contribution in [0, 0.1) is 6.92 Å². The Balaban J connectivity index is 1.71. The van der Waals surface area contributed by atoms with Gasteiger partial charge in [-0.15, -0.1) is 0 Å². The molecule has 0 aliphatic rings. The molecule has 1 heterocycles. The first kappa shape index (κ1) is 17.9. The second-order valence-corrected chi connectivity index (χ2v) is 6.28. The van der Waals surface area contributed by atoms with Crippen molar-refractivity contribution in [3.63, 3.8) is 0 Å². The molecule has 0 saturated carbocycles. The van der Waals surface area contributed by atoms with E-state index in [4.69, 9.17) is 11.6 Å². The molecule has 1 amide bonds. The summed E-state index contributed by atoms with van der Waals surface area (Å²) in [6, 6.07) is 13.3. The van der Waals surface area contributed by atoms with Gasteiger partial charge in [0.2, 0.25) is 5.95 Å². The van der Waals surface area contributed by atoms with Crippen molar-refractivity contribution < 1.29 is 4.79 Å². The van der Waals surface area contributed by atoms with Crippen LogP contribution in [0.1, 0.15) is 28.4 Å². The summed E-state index contributed by atoms with van der Waals surface area (Å²) >= 11 is 5.94. The van der Waals surface area contributed by atoms with Gasteiger partial charge in [-0.2, -0.15) is 0 Å². The van der Waals surface area contributed by atoms with Crippen LogP contribution < -0.4 is 10.6 Å². The third-order valence-electron chi connectivity index (χ3n) is 4.00. The molecule has 0 saturated heterocycles. The van der Waals surface area contributed by atoms with E-state index in [2.05, 4.69) is 33.6 Å². The zero-order valence-electron chi connectivity index (χ0n) is 14.6. The van der Waals surface area contributed by atoms with E-state index in [0.29, 0.717) is 22.2 Å². The summed E-state index contributed by atoms with van der Waals surface area (Å²) in [4.78, 5) is 20.9. The number of amides is 1. The first-order valence-electron chi connectivity index (χ1n) is 8.31. The zero-order chi connectivity index (χ0) is 18.5. The molecule has 0 spiro atoms. The summed E-state index contributed by atoms with van der Waals surface area (Å²) in [6.07, 6.45) is 3.92. The number of benzene rings is 2. The molecule has 0 atom stereocenters. The van der Waals surface area contributed by atoms with Gasteiger partial charge in [-0.25, -0.2) is 9.97 Å². The van der Waals surface area contributed by atoms with Crippen molar-refractivity contribution in [3.05, 3.63) is 76.6 Å². The lowest BCUT2D eigenvalue weighted by atomic mass is 10.1. The highest BCUT2D eigenvalue weighted by atomic mass is 35.5. The Morgan fingerprint density at radius 3 is 2.50 bits per heavy atom. The van der Waals surface area contributed by atoms with E-state index in [0.717, 1.165) is 17.7 Å². The van der Waals surface area contributed by atoms with Gasteiger partial charge in [0.25, 0.3) is 5.91 Å². The standard InChI is InChI=1S/C20H19ClN4O/c1-3-14-6-4-5-7-18(14)25-20-22-11-15(12-23-20)19(26)24-17-9-8-16(21)10-13(17)2/h4-12H,3H2,1-2H3,(H,24,26)(H,22,23,25). The number of halogens is 1. The molecule has 3 rings (SSSR count). The Hall–Kier alpha value is -2.92. The molecule has 0 radical (unpaired) electrons. The van der Waals surface area contributed by atoms with Gasteiger partial charge in [0.1, 0.15) is 0 Å². The highest BCUT2D eigenvalue weighted by Gasteiger charge is 2.10. The van der Waals surface area contributed by atoms with Crippen molar-refractivity contribution in [2.75, 3.05) is 10.6 Å². The van der Waals surface area contributed by atoms with Crippen LogP contribution >= 0.6 is 11.6 Å². The number of carbonyl (C=O) groups is 1. The topological polar surface area (TPSA) is 66.9 Å². The van der Waals surface area contributed by atoms with E-state index in [1.807, 2.05) is 25.1 Å². The number of rotatable bonds is 5. The maximum Gasteiger partial charge on any atom is 0.258 e. The molecule has 0 fully saturated rings. The second kappa shape index (κ2) is 7.97. The van der Waals surface area contributed by atoms with Crippen LogP contribution in [0.4, 0.5) is 17.3 Å². The monoisotopic (exact) mass is 366 g/mol. The highest BCUT2D eigenvalue weighted by Crippen LogP contribution is 2.21. The largest absolute Gasteiger partial charge is 0.324 e. The maximum absolute atomic E-state index is 12.4. The quantitative estimate of drug-likeness (QED) is 0.667. The lowest BCUT2D eigenvalue weighted by molar-refractivity contribution is 0.102. The molecule has 26 heavy (non-hydrogen) atoms. The molecule has 3 aromatic rings. The van der Waals surface area contributed by atoms with Crippen LogP contribution in [0.3, 0.4) is 0 Å². The van der Waals surface area contributed by atoms with E-state index in [-0.39, 0.29) is 5.91 Å². The third kappa shape index (κ3) is 4.18. The predicted octanol–water partition coefficient (Wildman–Crippen LogP) is 5.00. The van der Waals surface area contributed by atoms with Gasteiger partial charge in [-0.05, 0) is 48.7 Å². The van der Waals surface area contributed by atoms with Crippen molar-refractivity contribution in [1.82, 2.24) is 9.97 Å². The normalized spacial score (nSPS) is 10.4. The van der Waals surface area contributed by atoms with E-state index in [1.165, 1.54) is 18.0 Å². The Bertz CT molecular complexity index is 925. The Labute approximate surface area is 157 Å². The fraction of sp³-hybridized carbons (Fsp3) is 0.150. The average molecular weight is 367 g/mol. The second-order valence-electron chi connectivity index (χ2n) is 5.84. The molecule has 0 unspecified atom stereocenters. The molecule has 1 aromatic heterocycles. The number of anilines is 3. The molecule has 2 N–H and O–H groups in total. The highest BCUT2D eigenvalue weighted by molar-refractivity contribution is 6.30. The lowest BCUT2D eigenvalue weighted by Gasteiger charge is -2.10. The summed E-state index contributed by atoms with van der Waals surface area (Å²) in [5.74, 6) is 0.182. The first-order valence-corrected chi connectivity index (χ1v) is 8.69. The predicted molar refractivity (Wildman–Crippen MR) is 105 cm³/mol. The number of nitrogens with zero attached hydrogens (tertiary/aromatic N) is 2. The summed E-state index contributed by atoms with van der Waals surface area (Å²) in [5, 5.41) is 6.66. The van der Waals surface area contributed by atoms with Gasteiger partial charge in [0.15, 0.2) is 0 Å². The van der Waals surface area contributed by atoms with Crippen LogP contribution in [0.2, 0.25) is 5.02 Å². The molecule has 6 heteroatoms. The van der Waals surface area contributed by atoms with E-state index in [9.17, 15) is 4.79 Å². The first-order chi connectivity index (χ1) is 12.6. The van der Waals surface area contributed by atoms with Gasteiger partial charge in [0, 0.05) is 28.8 Å². The van der Waals surface area contributed by atoms with Gasteiger partial charge in [0.05, 0.1) is 5.56 Å². The van der Waals surface area contributed by atoms with Gasteiger partial charge in [-0.1, -0.05) is 36.7 Å². The van der Waals surface area contributed by atoms with Crippen LogP contribution in [0.25, 0.3) is 0 Å². The molecular formula is C20H19ClN4O. The molecule has 2 aromatic carbocycles. The molecule has 0 bridgehead atoms. The van der Waals surface area contributed by atoms with E-state index < -0.39 is 0 Å². The van der Waals surface area contributed by atoms with Crippen molar-refractivity contribution in [3.8, 4) is 0 Å². The van der Waals surface area contributed by atoms with Gasteiger partial charge in [-0.3, -0.25) is 4.79 Å². The summed E-state index contributed by atoms with van der Waals surface area (Å²) in [5.41, 5.74) is 4.12. The fourth-order valence-electron chi connectivity index (χ4n) is 2.54. The molecular weight excluding hydrogens is 348 g/mol. The van der Waals surface area contributed by atoms with Crippen molar-refractivity contribution in [2.24, 2.45) is 0 Å². The van der Waals surface area contributed by atoms with Crippen LogP contribution in [0.15, 0.2) is 54.9 Å². The number of aromatic nitrogens is 2. The maximum atomic E-state index is 12.4. The minimum Gasteiger partial charge on any atom is -0.324 e. The smallest absolute Gasteiger partial charge is 0.258 e. The molecule has 5 nitrogen and oxygen atoms in total. The zero-order valence-corrected chi connectivity index (χ0v) is 15.3. The Morgan fingerprint density at radius 1 is 1.08 bits per heavy atom. The van der Waals surface area contributed by atoms with Gasteiger partial charge >= 0.3 is 0 Å². The third-order valence-corrected chi connectivity index (χ3v) is 4.23. The number of para-hydroxylation sites is 1. The van der Waals surface area contributed by atoms with Gasteiger partial charge < -0.3 is 10.6 Å². The van der Waals surface area contributed by atoms with Crippen LogP contribution in [0.5, 0.6) is 0 Å². The summed E-state index contributed by atoms with van der Waals surface area (Å²) in [7, 11) is 0. The summed E-state index contributed by atoms with van der Waals surface area (Å²) < 4.78 is 0. The number of carbonyl (C=O) groups excluding carboxylic acids is 1. The Kier molecular flexibility index (Phi) is 5.49. The van der Waals surface area contributed by atoms with Crippen molar-refractivity contribution >= 4 is 34.8 Å². The SMILES string of the molecule is CCc1ccccc1Nc1ncc(C(=O)Nc2ccc(Cl)cc2C)cn1. The van der Waals surface area contributed by atoms with Crippen LogP contribution in [-0.2, 0) is 6.42 Å². The number of aryl methyl sites for hydroxylation is 2. The minimum absolute atomic E-state index is 0.268. The minimum atomic E-state index is -0.268. The van der Waals surface area contributed by atoms with Crippen LogP contribution in [-0.4, -0.2) is 15.9 Å². The van der Waals surface area contributed by atoms with E-state index in [1.54, 1.807) is 18.2 Å². The van der Waals surface area contributed by atoms with E-state index >= 15 is 0 Å². The van der Waals surface area contributed by atoms with Crippen molar-refractivity contribution in [2.45, 2.75) is 20.3 Å².